The molecule has 1 aliphatic carbocycles. The summed E-state index contributed by atoms with van der Waals surface area (Å²) in [4.78, 5) is 5.81. The Hall–Kier alpha value is -0.410. The predicted octanol–water partition coefficient (Wildman–Crippen LogP) is 3.83. The van der Waals surface area contributed by atoms with Gasteiger partial charge in [-0.3, -0.25) is 0 Å². The molecule has 0 amide bonds. The fraction of sp³-hybridized carbons (Fsp3) is 0.786. The van der Waals surface area contributed by atoms with Crippen LogP contribution >= 0.6 is 11.3 Å². The second-order valence-corrected chi connectivity index (χ2v) is 6.97. The van der Waals surface area contributed by atoms with Crippen molar-refractivity contribution >= 4 is 11.3 Å². The number of aryl methyl sites for hydroxylation is 2. The van der Waals surface area contributed by atoms with Crippen LogP contribution in [-0.2, 0) is 0 Å². The largest absolute Gasteiger partial charge is 0.323 e. The van der Waals surface area contributed by atoms with Crippen LogP contribution in [-0.4, -0.2) is 4.98 Å². The molecule has 4 unspecified atom stereocenters. The monoisotopic (exact) mass is 252 g/mol. The maximum Gasteiger partial charge on any atom is 0.0900 e. The van der Waals surface area contributed by atoms with Gasteiger partial charge >= 0.3 is 0 Å². The molecule has 96 valence electrons. The van der Waals surface area contributed by atoms with Crippen LogP contribution in [0.1, 0.15) is 54.7 Å². The molecule has 0 bridgehead atoms. The van der Waals surface area contributed by atoms with E-state index in [1.54, 1.807) is 11.3 Å². The lowest BCUT2D eigenvalue weighted by molar-refractivity contribution is 0.187. The summed E-state index contributed by atoms with van der Waals surface area (Å²) in [5, 5.41) is 1.14. The van der Waals surface area contributed by atoms with E-state index in [1.165, 1.54) is 24.1 Å². The van der Waals surface area contributed by atoms with Crippen LogP contribution < -0.4 is 5.73 Å². The molecule has 0 radical (unpaired) electrons. The Labute approximate surface area is 109 Å². The minimum Gasteiger partial charge on any atom is -0.323 e. The maximum atomic E-state index is 6.46. The minimum absolute atomic E-state index is 0.205. The molecule has 2 nitrogen and oxygen atoms in total. The summed E-state index contributed by atoms with van der Waals surface area (Å²) in [5.74, 6) is 2.33. The molecule has 1 saturated carbocycles. The molecule has 1 aromatic rings. The maximum absolute atomic E-state index is 6.46. The Morgan fingerprint density at radius 2 is 1.94 bits per heavy atom. The van der Waals surface area contributed by atoms with Gasteiger partial charge in [-0.15, -0.1) is 11.3 Å². The molecule has 1 aliphatic rings. The van der Waals surface area contributed by atoms with Gasteiger partial charge in [0.15, 0.2) is 0 Å². The molecular weight excluding hydrogens is 228 g/mol. The van der Waals surface area contributed by atoms with Gasteiger partial charge in [0.2, 0.25) is 0 Å². The van der Waals surface area contributed by atoms with Crippen molar-refractivity contribution in [2.24, 2.45) is 23.5 Å². The number of hydrogen-bond donors (Lipinski definition) is 1. The van der Waals surface area contributed by atoms with Gasteiger partial charge in [-0.25, -0.2) is 4.98 Å². The van der Waals surface area contributed by atoms with E-state index >= 15 is 0 Å². The summed E-state index contributed by atoms with van der Waals surface area (Å²) < 4.78 is 0. The van der Waals surface area contributed by atoms with Crippen LogP contribution in [0.15, 0.2) is 0 Å². The van der Waals surface area contributed by atoms with Crippen molar-refractivity contribution < 1.29 is 0 Å². The van der Waals surface area contributed by atoms with Crippen molar-refractivity contribution in [3.05, 3.63) is 15.6 Å². The van der Waals surface area contributed by atoms with Gasteiger partial charge in [-0.05, 0) is 44.4 Å². The molecule has 2 rings (SSSR count). The zero-order chi connectivity index (χ0) is 12.6. The van der Waals surface area contributed by atoms with E-state index < -0.39 is 0 Å². The van der Waals surface area contributed by atoms with Crippen molar-refractivity contribution in [3.63, 3.8) is 0 Å². The molecule has 2 N–H and O–H groups in total. The highest BCUT2D eigenvalue weighted by atomic mass is 32.1. The van der Waals surface area contributed by atoms with Gasteiger partial charge in [-0.2, -0.15) is 0 Å². The Morgan fingerprint density at radius 1 is 1.24 bits per heavy atom. The van der Waals surface area contributed by atoms with Crippen LogP contribution in [0.5, 0.6) is 0 Å². The molecule has 3 heteroatoms. The standard InChI is InChI=1S/C14H24N2S/c1-8-5-6-12(7-9(8)2)13(15)14-10(3)16-11(4)17-14/h8-9,12-13H,5-7,15H2,1-4H3. The molecule has 4 atom stereocenters. The summed E-state index contributed by atoms with van der Waals surface area (Å²) in [6.45, 7) is 8.90. The minimum atomic E-state index is 0.205. The van der Waals surface area contributed by atoms with Crippen molar-refractivity contribution in [3.8, 4) is 0 Å². The van der Waals surface area contributed by atoms with Gasteiger partial charge in [0.25, 0.3) is 0 Å². The average Bonchev–Trinajstić information content (AvgIpc) is 2.61. The highest BCUT2D eigenvalue weighted by Gasteiger charge is 2.30. The Morgan fingerprint density at radius 3 is 2.47 bits per heavy atom. The summed E-state index contributed by atoms with van der Waals surface area (Å²) >= 11 is 1.78. The van der Waals surface area contributed by atoms with E-state index in [2.05, 4.69) is 32.7 Å². The zero-order valence-electron chi connectivity index (χ0n) is 11.4. The van der Waals surface area contributed by atoms with Gasteiger partial charge in [0, 0.05) is 10.9 Å². The van der Waals surface area contributed by atoms with E-state index in [4.69, 9.17) is 5.73 Å². The van der Waals surface area contributed by atoms with Gasteiger partial charge in [0.1, 0.15) is 0 Å². The second kappa shape index (κ2) is 5.07. The first-order chi connectivity index (χ1) is 7.99. The average molecular weight is 252 g/mol. The summed E-state index contributed by atoms with van der Waals surface area (Å²) in [6, 6.07) is 0.205. The molecular formula is C14H24N2S. The molecule has 0 aliphatic heterocycles. The van der Waals surface area contributed by atoms with Crippen molar-refractivity contribution in [2.75, 3.05) is 0 Å². The SMILES string of the molecule is Cc1nc(C)c(C(N)C2CCC(C)C(C)C2)s1. The highest BCUT2D eigenvalue weighted by molar-refractivity contribution is 7.11. The van der Waals surface area contributed by atoms with E-state index in [0.29, 0.717) is 5.92 Å². The summed E-state index contributed by atoms with van der Waals surface area (Å²) in [6.07, 6.45) is 3.89. The number of nitrogens with zero attached hydrogens (tertiary/aromatic N) is 1. The van der Waals surface area contributed by atoms with Crippen molar-refractivity contribution in [1.82, 2.24) is 4.98 Å². The van der Waals surface area contributed by atoms with Gasteiger partial charge in [0.05, 0.1) is 10.7 Å². The fourth-order valence-electron chi connectivity index (χ4n) is 2.99. The Balaban J connectivity index is 2.10. The molecule has 1 fully saturated rings. The first-order valence-corrected chi connectivity index (χ1v) is 7.50. The number of hydrogen-bond acceptors (Lipinski definition) is 3. The first-order valence-electron chi connectivity index (χ1n) is 6.68. The highest BCUT2D eigenvalue weighted by Crippen LogP contribution is 2.40. The molecule has 0 spiro atoms. The number of aromatic nitrogens is 1. The second-order valence-electron chi connectivity index (χ2n) is 5.74. The van der Waals surface area contributed by atoms with Crippen LogP contribution in [0.25, 0.3) is 0 Å². The number of rotatable bonds is 2. The third-order valence-electron chi connectivity index (χ3n) is 4.39. The van der Waals surface area contributed by atoms with Crippen LogP contribution in [0.3, 0.4) is 0 Å². The van der Waals surface area contributed by atoms with E-state index in [9.17, 15) is 0 Å². The molecule has 1 heterocycles. The van der Waals surface area contributed by atoms with E-state index in [1.807, 2.05) is 0 Å². The van der Waals surface area contributed by atoms with Gasteiger partial charge < -0.3 is 5.73 Å². The lowest BCUT2D eigenvalue weighted by Gasteiger charge is -2.35. The Kier molecular flexibility index (Phi) is 3.88. The molecule has 0 aromatic carbocycles. The van der Waals surface area contributed by atoms with Crippen LogP contribution in [0, 0.1) is 31.6 Å². The number of thiazole rings is 1. The number of nitrogens with two attached hydrogens (primary N) is 1. The topological polar surface area (TPSA) is 38.9 Å². The molecule has 1 aromatic heterocycles. The Bertz CT molecular complexity index is 386. The van der Waals surface area contributed by atoms with Crippen LogP contribution in [0.4, 0.5) is 0 Å². The van der Waals surface area contributed by atoms with Crippen LogP contribution in [0.2, 0.25) is 0 Å². The normalized spacial score (nSPS) is 31.5. The predicted molar refractivity (Wildman–Crippen MR) is 74.2 cm³/mol. The van der Waals surface area contributed by atoms with Crippen molar-refractivity contribution in [2.45, 2.75) is 53.0 Å². The lowest BCUT2D eigenvalue weighted by Crippen LogP contribution is -2.29. The quantitative estimate of drug-likeness (QED) is 0.868. The molecule has 17 heavy (non-hydrogen) atoms. The lowest BCUT2D eigenvalue weighted by atomic mass is 9.73. The fourth-order valence-corrected chi connectivity index (χ4v) is 4.01. The third-order valence-corrected chi connectivity index (χ3v) is 5.56. The summed E-state index contributed by atoms with van der Waals surface area (Å²) in [7, 11) is 0. The van der Waals surface area contributed by atoms with Gasteiger partial charge in [-0.1, -0.05) is 20.3 Å². The zero-order valence-corrected chi connectivity index (χ0v) is 12.2. The summed E-state index contributed by atoms with van der Waals surface area (Å²) in [5.41, 5.74) is 7.61. The third kappa shape index (κ3) is 2.71. The van der Waals surface area contributed by atoms with Crippen molar-refractivity contribution in [1.29, 1.82) is 0 Å². The first kappa shape index (κ1) is 13.0. The van der Waals surface area contributed by atoms with E-state index in [0.717, 1.165) is 22.5 Å². The smallest absolute Gasteiger partial charge is 0.0900 e. The van der Waals surface area contributed by atoms with E-state index in [-0.39, 0.29) is 6.04 Å². The molecule has 0 saturated heterocycles.